The number of carbonyl (C=O) groups is 1. The quantitative estimate of drug-likeness (QED) is 0.537. The second-order valence-corrected chi connectivity index (χ2v) is 8.53. The van der Waals surface area contributed by atoms with Gasteiger partial charge in [0, 0.05) is 11.3 Å². The molecule has 3 rings (SSSR count). The molecule has 1 unspecified atom stereocenters. The summed E-state index contributed by atoms with van der Waals surface area (Å²) in [6, 6.07) is 17.9. The monoisotopic (exact) mass is 442 g/mol. The van der Waals surface area contributed by atoms with Gasteiger partial charge in [-0.15, -0.1) is 0 Å². The Hall–Kier alpha value is -3.39. The van der Waals surface area contributed by atoms with Crippen LogP contribution in [0.15, 0.2) is 77.7 Å². The molecule has 31 heavy (non-hydrogen) atoms. The van der Waals surface area contributed by atoms with Crippen LogP contribution >= 0.6 is 0 Å². The molecule has 1 atom stereocenters. The number of methoxy groups -OCH3 is 1. The lowest BCUT2D eigenvalue weighted by atomic mass is 10.0. The van der Waals surface area contributed by atoms with Crippen molar-refractivity contribution in [2.45, 2.75) is 24.3 Å². The van der Waals surface area contributed by atoms with Crippen LogP contribution < -0.4 is 14.8 Å². The Labute approximate surface area is 181 Å². The van der Waals surface area contributed by atoms with E-state index in [1.54, 1.807) is 19.2 Å². The van der Waals surface area contributed by atoms with Gasteiger partial charge < -0.3 is 10.1 Å². The maximum Gasteiger partial charge on any atom is 0.261 e. The molecule has 0 aliphatic rings. The minimum absolute atomic E-state index is 0.0546. The van der Waals surface area contributed by atoms with Gasteiger partial charge in [-0.25, -0.2) is 12.8 Å². The first kappa shape index (κ1) is 22.3. The topological polar surface area (TPSA) is 84.5 Å². The number of ether oxygens (including phenoxy) is 1. The van der Waals surface area contributed by atoms with Gasteiger partial charge >= 0.3 is 0 Å². The molecule has 0 aromatic heterocycles. The van der Waals surface area contributed by atoms with E-state index >= 15 is 0 Å². The summed E-state index contributed by atoms with van der Waals surface area (Å²) in [5.41, 5.74) is 1.65. The molecule has 3 aromatic rings. The van der Waals surface area contributed by atoms with Crippen molar-refractivity contribution in [1.82, 2.24) is 5.32 Å². The Morgan fingerprint density at radius 1 is 0.968 bits per heavy atom. The highest BCUT2D eigenvalue weighted by atomic mass is 32.2. The van der Waals surface area contributed by atoms with Gasteiger partial charge in [-0.2, -0.15) is 0 Å². The van der Waals surface area contributed by atoms with Gasteiger partial charge in [0.1, 0.15) is 11.6 Å². The number of amides is 1. The molecule has 1 amide bonds. The summed E-state index contributed by atoms with van der Waals surface area (Å²) in [7, 11) is -2.26. The van der Waals surface area contributed by atoms with Gasteiger partial charge in [-0.05, 0) is 72.6 Å². The molecule has 8 heteroatoms. The number of hydrogen-bond acceptors (Lipinski definition) is 4. The lowest BCUT2D eigenvalue weighted by Crippen LogP contribution is -2.28. The fourth-order valence-electron chi connectivity index (χ4n) is 3.02. The standard InChI is InChI=1S/C23H23FN2O4S/c1-3-22(16-6-12-20(30-2)13-7-16)25-23(27)17-4-10-19(11-5-17)26-31(28,29)21-14-8-18(24)9-15-21/h4-15,22,26H,3H2,1-2H3,(H,25,27). The van der Waals surface area contributed by atoms with E-state index in [1.165, 1.54) is 24.3 Å². The SMILES string of the molecule is CCC(NC(=O)c1ccc(NS(=O)(=O)c2ccc(F)cc2)cc1)c1ccc(OC)cc1. The zero-order valence-electron chi connectivity index (χ0n) is 17.1. The Morgan fingerprint density at radius 2 is 1.58 bits per heavy atom. The van der Waals surface area contributed by atoms with Crippen LogP contribution in [0.1, 0.15) is 35.3 Å². The number of carbonyl (C=O) groups excluding carboxylic acids is 1. The van der Waals surface area contributed by atoms with Crippen LogP contribution in [0.25, 0.3) is 0 Å². The molecule has 6 nitrogen and oxygen atoms in total. The van der Waals surface area contributed by atoms with Crippen LogP contribution in [0.4, 0.5) is 10.1 Å². The molecule has 0 spiro atoms. The van der Waals surface area contributed by atoms with Gasteiger partial charge in [0.25, 0.3) is 15.9 Å². The van der Waals surface area contributed by atoms with Crippen LogP contribution in [-0.4, -0.2) is 21.4 Å². The predicted molar refractivity (Wildman–Crippen MR) is 117 cm³/mol. The second kappa shape index (κ2) is 9.61. The summed E-state index contributed by atoms with van der Waals surface area (Å²) >= 11 is 0. The predicted octanol–water partition coefficient (Wildman–Crippen LogP) is 4.52. The highest BCUT2D eigenvalue weighted by Crippen LogP contribution is 2.21. The van der Waals surface area contributed by atoms with Gasteiger partial charge in [0.15, 0.2) is 0 Å². The van der Waals surface area contributed by atoms with Crippen LogP contribution in [0.5, 0.6) is 5.75 Å². The van der Waals surface area contributed by atoms with Crippen molar-refractivity contribution in [3.8, 4) is 5.75 Å². The number of rotatable bonds is 8. The smallest absolute Gasteiger partial charge is 0.261 e. The fraction of sp³-hybridized carbons (Fsp3) is 0.174. The Bertz CT molecular complexity index is 1130. The minimum atomic E-state index is -3.86. The average Bonchev–Trinajstić information content (AvgIpc) is 2.78. The summed E-state index contributed by atoms with van der Waals surface area (Å²) in [6.07, 6.45) is 0.702. The Kier molecular flexibility index (Phi) is 6.91. The van der Waals surface area contributed by atoms with Crippen LogP contribution in [0.3, 0.4) is 0 Å². The molecule has 0 saturated heterocycles. The summed E-state index contributed by atoms with van der Waals surface area (Å²) in [5.74, 6) is -0.0476. The Morgan fingerprint density at radius 3 is 2.13 bits per heavy atom. The van der Waals surface area contributed by atoms with Gasteiger partial charge in [0.05, 0.1) is 18.0 Å². The molecule has 0 bridgehead atoms. The number of nitrogens with one attached hydrogen (secondary N) is 2. The normalized spacial score (nSPS) is 12.1. The van der Waals surface area contributed by atoms with Gasteiger partial charge in [-0.3, -0.25) is 9.52 Å². The zero-order valence-corrected chi connectivity index (χ0v) is 17.9. The van der Waals surface area contributed by atoms with E-state index in [1.807, 2.05) is 31.2 Å². The third-order valence-corrected chi connectivity index (χ3v) is 6.15. The molecule has 0 aliphatic heterocycles. The molecule has 3 aromatic carbocycles. The molecule has 0 aliphatic carbocycles. The average molecular weight is 443 g/mol. The van der Waals surface area contributed by atoms with Crippen molar-refractivity contribution in [3.05, 3.63) is 89.7 Å². The van der Waals surface area contributed by atoms with E-state index in [4.69, 9.17) is 4.74 Å². The van der Waals surface area contributed by atoms with E-state index in [-0.39, 0.29) is 16.8 Å². The number of anilines is 1. The van der Waals surface area contributed by atoms with E-state index in [9.17, 15) is 17.6 Å². The van der Waals surface area contributed by atoms with Crippen molar-refractivity contribution in [2.24, 2.45) is 0 Å². The minimum Gasteiger partial charge on any atom is -0.497 e. The Balaban J connectivity index is 1.68. The van der Waals surface area contributed by atoms with E-state index < -0.39 is 15.8 Å². The molecule has 0 saturated carbocycles. The number of halogens is 1. The molecule has 0 radical (unpaired) electrons. The third-order valence-electron chi connectivity index (χ3n) is 4.75. The fourth-order valence-corrected chi connectivity index (χ4v) is 4.07. The highest BCUT2D eigenvalue weighted by molar-refractivity contribution is 7.92. The third kappa shape index (κ3) is 5.61. The summed E-state index contributed by atoms with van der Waals surface area (Å²) in [6.45, 7) is 1.97. The first-order chi connectivity index (χ1) is 14.8. The van der Waals surface area contributed by atoms with E-state index in [0.29, 0.717) is 17.7 Å². The van der Waals surface area contributed by atoms with Crippen LogP contribution in [0, 0.1) is 5.82 Å². The van der Waals surface area contributed by atoms with Crippen molar-refractivity contribution < 1.29 is 22.3 Å². The summed E-state index contributed by atoms with van der Waals surface area (Å²) in [4.78, 5) is 12.6. The zero-order chi connectivity index (χ0) is 22.4. The van der Waals surface area contributed by atoms with Gasteiger partial charge in [-0.1, -0.05) is 19.1 Å². The van der Waals surface area contributed by atoms with E-state index in [0.717, 1.165) is 23.4 Å². The molecule has 0 heterocycles. The summed E-state index contributed by atoms with van der Waals surface area (Å²) < 4.78 is 45.4. The lowest BCUT2D eigenvalue weighted by Gasteiger charge is -2.18. The maximum absolute atomic E-state index is 13.0. The number of sulfonamides is 1. The number of hydrogen-bond donors (Lipinski definition) is 2. The van der Waals surface area contributed by atoms with Crippen LogP contribution in [-0.2, 0) is 10.0 Å². The van der Waals surface area contributed by atoms with Crippen molar-refractivity contribution in [2.75, 3.05) is 11.8 Å². The highest BCUT2D eigenvalue weighted by Gasteiger charge is 2.16. The van der Waals surface area contributed by atoms with Crippen LogP contribution in [0.2, 0.25) is 0 Å². The number of benzene rings is 3. The first-order valence-electron chi connectivity index (χ1n) is 9.65. The summed E-state index contributed by atoms with van der Waals surface area (Å²) in [5, 5.41) is 2.98. The largest absolute Gasteiger partial charge is 0.497 e. The van der Waals surface area contributed by atoms with E-state index in [2.05, 4.69) is 10.0 Å². The van der Waals surface area contributed by atoms with Crippen molar-refractivity contribution in [3.63, 3.8) is 0 Å². The first-order valence-corrected chi connectivity index (χ1v) is 11.1. The molecule has 2 N–H and O–H groups in total. The maximum atomic E-state index is 13.0. The lowest BCUT2D eigenvalue weighted by molar-refractivity contribution is 0.0935. The van der Waals surface area contributed by atoms with Crippen molar-refractivity contribution >= 4 is 21.6 Å². The van der Waals surface area contributed by atoms with Gasteiger partial charge in [0.2, 0.25) is 0 Å². The molecular weight excluding hydrogens is 419 g/mol. The van der Waals surface area contributed by atoms with Crippen molar-refractivity contribution in [1.29, 1.82) is 0 Å². The molecular formula is C23H23FN2O4S. The second-order valence-electron chi connectivity index (χ2n) is 6.84. The molecule has 0 fully saturated rings. The molecule has 162 valence electrons.